The van der Waals surface area contributed by atoms with Gasteiger partial charge in [-0.2, -0.15) is 0 Å². The number of rotatable bonds is 9. The molecule has 4 amide bonds. The molecular weight excluding hydrogens is 516 g/mol. The Labute approximate surface area is 238 Å². The van der Waals surface area contributed by atoms with E-state index in [1.807, 2.05) is 44.2 Å². The number of amides is 4. The zero-order chi connectivity index (χ0) is 28.9. The molecule has 0 aliphatic carbocycles. The maximum atomic E-state index is 13.4. The molecule has 7 heteroatoms. The number of urea groups is 1. The molecule has 0 aromatic heterocycles. The van der Waals surface area contributed by atoms with Gasteiger partial charge in [-0.15, -0.1) is 6.58 Å². The fraction of sp³-hybridized carbons (Fsp3) is 0.147. The Bertz CT molecular complexity index is 1680. The summed E-state index contributed by atoms with van der Waals surface area (Å²) < 4.78 is 12.3. The highest BCUT2D eigenvalue weighted by atomic mass is 16.5. The molecule has 0 atom stereocenters. The van der Waals surface area contributed by atoms with Crippen molar-refractivity contribution < 1.29 is 23.9 Å². The lowest BCUT2D eigenvalue weighted by Gasteiger charge is -2.26. The van der Waals surface area contributed by atoms with E-state index < -0.39 is 17.8 Å². The summed E-state index contributed by atoms with van der Waals surface area (Å²) >= 11 is 0. The zero-order valence-corrected chi connectivity index (χ0v) is 23.0. The van der Waals surface area contributed by atoms with E-state index >= 15 is 0 Å². The SMILES string of the molecule is C=CCc1cc(/C=C2\C(=O)NC(=O)N(c3ccc(C)cc3)C2=O)cc(OCC)c1OCc1cccc2ccccc12. The normalized spacial score (nSPS) is 14.3. The molecule has 1 aliphatic heterocycles. The van der Waals surface area contributed by atoms with Gasteiger partial charge in [0.25, 0.3) is 11.8 Å². The summed E-state index contributed by atoms with van der Waals surface area (Å²) in [4.78, 5) is 39.7. The van der Waals surface area contributed by atoms with E-state index in [4.69, 9.17) is 9.47 Å². The van der Waals surface area contributed by atoms with Crippen LogP contribution in [0.25, 0.3) is 16.8 Å². The van der Waals surface area contributed by atoms with Crippen molar-refractivity contribution in [2.45, 2.75) is 26.9 Å². The number of allylic oxidation sites excluding steroid dienone is 1. The molecule has 1 fully saturated rings. The van der Waals surface area contributed by atoms with E-state index in [0.717, 1.165) is 32.4 Å². The minimum absolute atomic E-state index is 0.165. The number of benzene rings is 4. The largest absolute Gasteiger partial charge is 0.490 e. The van der Waals surface area contributed by atoms with Crippen LogP contribution in [0.2, 0.25) is 0 Å². The van der Waals surface area contributed by atoms with Gasteiger partial charge in [0.05, 0.1) is 12.3 Å². The van der Waals surface area contributed by atoms with Gasteiger partial charge in [-0.05, 0) is 72.5 Å². The van der Waals surface area contributed by atoms with Crippen LogP contribution in [0.5, 0.6) is 11.5 Å². The number of anilines is 1. The number of carbonyl (C=O) groups excluding carboxylic acids is 3. The van der Waals surface area contributed by atoms with Gasteiger partial charge in [-0.3, -0.25) is 14.9 Å². The second kappa shape index (κ2) is 11.9. The average Bonchev–Trinajstić information content (AvgIpc) is 2.96. The van der Waals surface area contributed by atoms with E-state index in [0.29, 0.717) is 42.4 Å². The molecule has 206 valence electrons. The van der Waals surface area contributed by atoms with Crippen LogP contribution in [0.1, 0.15) is 29.2 Å². The Hall–Kier alpha value is -5.17. The van der Waals surface area contributed by atoms with Crippen LogP contribution in [0.15, 0.2) is 97.1 Å². The van der Waals surface area contributed by atoms with Crippen molar-refractivity contribution in [1.29, 1.82) is 0 Å². The summed E-state index contributed by atoms with van der Waals surface area (Å²) in [5.74, 6) is -0.420. The Morgan fingerprint density at radius 2 is 1.66 bits per heavy atom. The first-order valence-electron chi connectivity index (χ1n) is 13.4. The zero-order valence-electron chi connectivity index (χ0n) is 23.0. The first-order chi connectivity index (χ1) is 19.9. The first-order valence-corrected chi connectivity index (χ1v) is 13.4. The van der Waals surface area contributed by atoms with E-state index in [1.165, 1.54) is 6.08 Å². The fourth-order valence-corrected chi connectivity index (χ4v) is 4.82. The Morgan fingerprint density at radius 3 is 2.41 bits per heavy atom. The standard InChI is InChI=1S/C34H30N2O5/c1-4-9-25-18-23(19-29-32(37)35-34(39)36(33(29)38)27-16-14-22(3)15-17-27)20-30(40-5-2)31(25)41-21-26-12-8-11-24-10-6-7-13-28(24)26/h4,6-8,10-20H,1,5,9,21H2,2-3H3,(H,35,37,39)/b29-19+. The summed E-state index contributed by atoms with van der Waals surface area (Å²) in [6.45, 7) is 8.36. The van der Waals surface area contributed by atoms with Gasteiger partial charge in [-0.1, -0.05) is 66.2 Å². The van der Waals surface area contributed by atoms with Crippen molar-refractivity contribution in [1.82, 2.24) is 5.32 Å². The van der Waals surface area contributed by atoms with Crippen molar-refractivity contribution in [2.75, 3.05) is 11.5 Å². The lowest BCUT2D eigenvalue weighted by Crippen LogP contribution is -2.54. The number of hydrogen-bond acceptors (Lipinski definition) is 5. The first kappa shape index (κ1) is 27.4. The molecule has 0 radical (unpaired) electrons. The minimum atomic E-state index is -0.791. The highest BCUT2D eigenvalue weighted by Gasteiger charge is 2.36. The molecule has 1 aliphatic rings. The molecule has 4 aromatic carbocycles. The highest BCUT2D eigenvalue weighted by Crippen LogP contribution is 2.36. The monoisotopic (exact) mass is 546 g/mol. The van der Waals surface area contributed by atoms with Crippen molar-refractivity contribution in [3.63, 3.8) is 0 Å². The number of carbonyl (C=O) groups is 3. The molecule has 0 saturated carbocycles. The second-order valence-corrected chi connectivity index (χ2v) is 9.65. The molecule has 4 aromatic rings. The molecule has 0 bridgehead atoms. The van der Waals surface area contributed by atoms with Crippen LogP contribution in [0.3, 0.4) is 0 Å². The molecule has 41 heavy (non-hydrogen) atoms. The highest BCUT2D eigenvalue weighted by molar-refractivity contribution is 6.39. The number of aryl methyl sites for hydroxylation is 1. The molecule has 0 unspecified atom stereocenters. The number of nitrogens with zero attached hydrogens (tertiary/aromatic N) is 1. The van der Waals surface area contributed by atoms with Crippen LogP contribution < -0.4 is 19.7 Å². The summed E-state index contributed by atoms with van der Waals surface area (Å²) in [5, 5.41) is 4.51. The summed E-state index contributed by atoms with van der Waals surface area (Å²) in [7, 11) is 0. The summed E-state index contributed by atoms with van der Waals surface area (Å²) in [5.41, 5.74) is 3.56. The van der Waals surface area contributed by atoms with Crippen LogP contribution in [0, 0.1) is 6.92 Å². The minimum Gasteiger partial charge on any atom is -0.490 e. The van der Waals surface area contributed by atoms with Crippen molar-refractivity contribution >= 4 is 40.4 Å². The Kier molecular flexibility index (Phi) is 7.97. The second-order valence-electron chi connectivity index (χ2n) is 9.65. The Balaban J connectivity index is 1.51. The van der Waals surface area contributed by atoms with Gasteiger partial charge in [-0.25, -0.2) is 9.69 Å². The predicted octanol–water partition coefficient (Wildman–Crippen LogP) is 6.52. The van der Waals surface area contributed by atoms with E-state index in [2.05, 4.69) is 30.1 Å². The van der Waals surface area contributed by atoms with Crippen molar-refractivity contribution in [3.8, 4) is 11.5 Å². The fourth-order valence-electron chi connectivity index (χ4n) is 4.82. The third-order valence-electron chi connectivity index (χ3n) is 6.77. The number of ether oxygens (including phenoxy) is 2. The number of hydrogen-bond donors (Lipinski definition) is 1. The molecular formula is C34H30N2O5. The van der Waals surface area contributed by atoms with Crippen molar-refractivity contribution in [3.05, 3.63) is 119 Å². The smallest absolute Gasteiger partial charge is 0.335 e. The quantitative estimate of drug-likeness (QED) is 0.147. The van der Waals surface area contributed by atoms with Gasteiger partial charge >= 0.3 is 6.03 Å². The summed E-state index contributed by atoms with van der Waals surface area (Å²) in [6, 6.07) is 23.9. The van der Waals surface area contributed by atoms with Crippen molar-refractivity contribution in [2.24, 2.45) is 0 Å². The van der Waals surface area contributed by atoms with E-state index in [9.17, 15) is 14.4 Å². The number of fused-ring (bicyclic) bond motifs is 1. The Morgan fingerprint density at radius 1 is 0.902 bits per heavy atom. The van der Waals surface area contributed by atoms with Gasteiger partial charge in [0, 0.05) is 5.56 Å². The van der Waals surface area contributed by atoms with Gasteiger partial charge in [0.2, 0.25) is 0 Å². The van der Waals surface area contributed by atoms with Crippen LogP contribution in [-0.2, 0) is 22.6 Å². The van der Waals surface area contributed by atoms with Gasteiger partial charge in [0.1, 0.15) is 12.2 Å². The summed E-state index contributed by atoms with van der Waals surface area (Å²) in [6.07, 6.45) is 3.69. The third kappa shape index (κ3) is 5.75. The molecule has 0 spiro atoms. The van der Waals surface area contributed by atoms with Crippen LogP contribution >= 0.6 is 0 Å². The maximum Gasteiger partial charge on any atom is 0.335 e. The van der Waals surface area contributed by atoms with Gasteiger partial charge in [0.15, 0.2) is 11.5 Å². The molecule has 1 heterocycles. The number of barbiturate groups is 1. The number of nitrogens with one attached hydrogen (secondary N) is 1. The lowest BCUT2D eigenvalue weighted by molar-refractivity contribution is -0.122. The maximum absolute atomic E-state index is 13.4. The third-order valence-corrected chi connectivity index (χ3v) is 6.77. The predicted molar refractivity (Wildman–Crippen MR) is 160 cm³/mol. The molecule has 7 nitrogen and oxygen atoms in total. The molecule has 1 N–H and O–H groups in total. The molecule has 5 rings (SSSR count). The van der Waals surface area contributed by atoms with Gasteiger partial charge < -0.3 is 9.47 Å². The van der Waals surface area contributed by atoms with E-state index in [-0.39, 0.29) is 5.57 Å². The average molecular weight is 547 g/mol. The lowest BCUT2D eigenvalue weighted by atomic mass is 10.0. The molecule has 1 saturated heterocycles. The van der Waals surface area contributed by atoms with Crippen LogP contribution in [0.4, 0.5) is 10.5 Å². The van der Waals surface area contributed by atoms with E-state index in [1.54, 1.807) is 36.4 Å². The topological polar surface area (TPSA) is 84.9 Å². The number of imide groups is 2. The van der Waals surface area contributed by atoms with Crippen LogP contribution in [-0.4, -0.2) is 24.5 Å².